The molecule has 9 heteroatoms. The number of nitriles is 2. The molecule has 0 amide bonds. The summed E-state index contributed by atoms with van der Waals surface area (Å²) in [4.78, 5) is 23.9. The van der Waals surface area contributed by atoms with E-state index >= 15 is 0 Å². The number of hydrogen-bond donors (Lipinski definition) is 2. The second-order valence-electron chi connectivity index (χ2n) is 6.99. The normalized spacial score (nSPS) is 15.3. The molecule has 0 rings (SSSR count). The van der Waals surface area contributed by atoms with E-state index in [0.29, 0.717) is 0 Å². The lowest BCUT2D eigenvalue weighted by molar-refractivity contribution is -0.325. The zero-order valence-electron chi connectivity index (χ0n) is 14.0. The largest absolute Gasteiger partial charge is 0.471 e. The number of hydrogen-bond acceptors (Lipinski definition) is 6. The van der Waals surface area contributed by atoms with Gasteiger partial charge in [0.05, 0.1) is 17.6 Å². The summed E-state index contributed by atoms with van der Waals surface area (Å²) in [6, 6.07) is 3.88. The van der Waals surface area contributed by atoms with Crippen molar-refractivity contribution in [3.63, 3.8) is 0 Å². The smallest absolute Gasteiger partial charge is 0.303 e. The van der Waals surface area contributed by atoms with E-state index in [1.54, 1.807) is 20.8 Å². The number of rotatable bonds is 6. The summed E-state index contributed by atoms with van der Waals surface area (Å²) in [7, 11) is -4.88. The quantitative estimate of drug-likeness (QED) is 0.430. The van der Waals surface area contributed by atoms with Crippen molar-refractivity contribution in [2.75, 3.05) is 0 Å². The van der Waals surface area contributed by atoms with E-state index in [4.69, 9.17) is 24.4 Å². The van der Waals surface area contributed by atoms with Gasteiger partial charge < -0.3 is 9.79 Å². The van der Waals surface area contributed by atoms with Crippen LogP contribution in [0.3, 0.4) is 0 Å². The molecule has 0 aliphatic heterocycles. The predicted molar refractivity (Wildman–Crippen MR) is 78.7 cm³/mol. The van der Waals surface area contributed by atoms with Crippen molar-refractivity contribution in [2.24, 2.45) is 5.41 Å². The highest BCUT2D eigenvalue weighted by molar-refractivity contribution is 7.46. The van der Waals surface area contributed by atoms with E-state index in [-0.39, 0.29) is 0 Å². The van der Waals surface area contributed by atoms with Gasteiger partial charge in [-0.1, -0.05) is 0 Å². The van der Waals surface area contributed by atoms with Crippen LogP contribution in [-0.4, -0.2) is 32.2 Å². The van der Waals surface area contributed by atoms with Gasteiger partial charge in [0, 0.05) is 5.54 Å². The highest BCUT2D eigenvalue weighted by atomic mass is 31.2. The molecule has 0 aliphatic carbocycles. The van der Waals surface area contributed by atoms with E-state index < -0.39 is 30.6 Å². The van der Waals surface area contributed by atoms with E-state index in [1.165, 1.54) is 27.7 Å². The van der Waals surface area contributed by atoms with Crippen molar-refractivity contribution in [2.45, 2.75) is 65.8 Å². The Bertz CT molecular complexity index is 521. The minimum atomic E-state index is -4.88. The molecule has 0 spiro atoms. The van der Waals surface area contributed by atoms with Gasteiger partial charge in [0.15, 0.2) is 11.8 Å². The Morgan fingerprint density at radius 3 is 1.77 bits per heavy atom. The monoisotopic (exact) mass is 333 g/mol. The molecule has 0 fully saturated rings. The molecule has 0 aromatic rings. The highest BCUT2D eigenvalue weighted by Crippen LogP contribution is 2.45. The Morgan fingerprint density at radius 1 is 1.05 bits per heavy atom. The zero-order chi connectivity index (χ0) is 18.0. The van der Waals surface area contributed by atoms with Crippen molar-refractivity contribution in [1.29, 1.82) is 10.5 Å². The minimum Gasteiger partial charge on any atom is -0.303 e. The van der Waals surface area contributed by atoms with Gasteiger partial charge in [-0.05, 0) is 48.5 Å². The molecule has 0 aromatic heterocycles. The molecular weight excluding hydrogens is 309 g/mol. The van der Waals surface area contributed by atoms with E-state index in [2.05, 4.69) is 0 Å². The summed E-state index contributed by atoms with van der Waals surface area (Å²) in [5.74, 6) is 0. The van der Waals surface area contributed by atoms with Crippen LogP contribution in [-0.2, 0) is 13.9 Å². The summed E-state index contributed by atoms with van der Waals surface area (Å²) < 4.78 is 16.1. The van der Waals surface area contributed by atoms with Crippen molar-refractivity contribution >= 4 is 7.82 Å². The SMILES string of the molecule is CC(C)(C#N)ON(C(OP(=O)(O)O)C(C)(C)C#N)C(C)(C)C. The summed E-state index contributed by atoms with van der Waals surface area (Å²) in [6.07, 6.45) is -1.38. The fourth-order valence-electron chi connectivity index (χ4n) is 1.46. The molecule has 0 saturated carbocycles. The third-order valence-electron chi connectivity index (χ3n) is 2.61. The molecule has 22 heavy (non-hydrogen) atoms. The second kappa shape index (κ2) is 6.64. The molecule has 0 radical (unpaired) electrons. The first kappa shape index (κ1) is 21.0. The minimum absolute atomic E-state index is 0.790. The van der Waals surface area contributed by atoms with Gasteiger partial charge in [-0.2, -0.15) is 15.6 Å². The molecule has 0 saturated heterocycles. The Hall–Kier alpha value is -0.990. The van der Waals surface area contributed by atoms with Gasteiger partial charge in [-0.15, -0.1) is 0 Å². The van der Waals surface area contributed by atoms with Crippen LogP contribution in [0.5, 0.6) is 0 Å². The summed E-state index contributed by atoms with van der Waals surface area (Å²) in [5, 5.41) is 19.6. The maximum Gasteiger partial charge on any atom is 0.471 e. The van der Waals surface area contributed by atoms with Crippen molar-refractivity contribution in [3.05, 3.63) is 0 Å². The first-order valence-corrected chi connectivity index (χ1v) is 8.14. The van der Waals surface area contributed by atoms with Crippen LogP contribution in [0.25, 0.3) is 0 Å². The summed E-state index contributed by atoms with van der Waals surface area (Å²) in [5.41, 5.74) is -3.36. The third-order valence-corrected chi connectivity index (χ3v) is 3.09. The van der Waals surface area contributed by atoms with Gasteiger partial charge in [0.25, 0.3) is 0 Å². The number of hydroxylamine groups is 2. The fraction of sp³-hybridized carbons (Fsp3) is 0.846. The first-order chi connectivity index (χ1) is 9.56. The lowest BCUT2D eigenvalue weighted by Crippen LogP contribution is -2.56. The molecule has 2 N–H and O–H groups in total. The Labute approximate surface area is 131 Å². The van der Waals surface area contributed by atoms with Crippen LogP contribution in [0.4, 0.5) is 0 Å². The van der Waals surface area contributed by atoms with Crippen LogP contribution in [0.2, 0.25) is 0 Å². The molecule has 0 aliphatic rings. The molecule has 1 unspecified atom stereocenters. The highest BCUT2D eigenvalue weighted by Gasteiger charge is 2.46. The number of phosphoric ester groups is 1. The Kier molecular flexibility index (Phi) is 6.34. The van der Waals surface area contributed by atoms with E-state index in [1.807, 2.05) is 12.1 Å². The molecule has 0 aromatic carbocycles. The fourth-order valence-corrected chi connectivity index (χ4v) is 2.07. The van der Waals surface area contributed by atoms with Crippen LogP contribution in [0, 0.1) is 28.1 Å². The van der Waals surface area contributed by atoms with Gasteiger partial charge in [-0.25, -0.2) is 4.57 Å². The van der Waals surface area contributed by atoms with Crippen LogP contribution < -0.4 is 0 Å². The molecule has 1 atom stereocenters. The molecule has 126 valence electrons. The molecule has 8 nitrogen and oxygen atoms in total. The zero-order valence-corrected chi connectivity index (χ0v) is 14.9. The number of nitrogens with zero attached hydrogens (tertiary/aromatic N) is 3. The van der Waals surface area contributed by atoms with Crippen molar-refractivity contribution in [1.82, 2.24) is 5.06 Å². The van der Waals surface area contributed by atoms with Crippen LogP contribution in [0.15, 0.2) is 0 Å². The van der Waals surface area contributed by atoms with Crippen molar-refractivity contribution in [3.8, 4) is 12.1 Å². The van der Waals surface area contributed by atoms with Gasteiger partial charge >= 0.3 is 7.82 Å². The molecule has 0 bridgehead atoms. The maximum atomic E-state index is 11.3. The Morgan fingerprint density at radius 2 is 1.50 bits per heavy atom. The average Bonchev–Trinajstić information content (AvgIpc) is 2.31. The Balaban J connectivity index is 5.94. The molecular formula is C13H24N3O5P. The summed E-state index contributed by atoms with van der Waals surface area (Å²) in [6.45, 7) is 11.1. The van der Waals surface area contributed by atoms with Gasteiger partial charge in [-0.3, -0.25) is 9.36 Å². The van der Waals surface area contributed by atoms with E-state index in [9.17, 15) is 9.83 Å². The lowest BCUT2D eigenvalue weighted by Gasteiger charge is -2.45. The first-order valence-electron chi connectivity index (χ1n) is 6.61. The standard InChI is InChI=1S/C13H24N3O5P/c1-11(2,3)16(21-13(6,7)9-15)10(12(4,5)8-14)20-22(17,18)19/h10H,1-7H3,(H2,17,18,19). The van der Waals surface area contributed by atoms with E-state index in [0.717, 1.165) is 5.06 Å². The maximum absolute atomic E-state index is 11.3. The average molecular weight is 333 g/mol. The third kappa shape index (κ3) is 6.41. The summed E-state index contributed by atoms with van der Waals surface area (Å²) >= 11 is 0. The number of phosphoric acid groups is 1. The lowest BCUT2D eigenvalue weighted by atomic mass is 9.91. The second-order valence-corrected chi connectivity index (χ2v) is 8.18. The van der Waals surface area contributed by atoms with Gasteiger partial charge in [0.2, 0.25) is 0 Å². The predicted octanol–water partition coefficient (Wildman–Crippen LogP) is 2.31. The van der Waals surface area contributed by atoms with Crippen molar-refractivity contribution < 1.29 is 23.7 Å². The van der Waals surface area contributed by atoms with Gasteiger partial charge in [0.1, 0.15) is 0 Å². The van der Waals surface area contributed by atoms with Crippen LogP contribution >= 0.6 is 7.82 Å². The molecule has 0 heterocycles. The topological polar surface area (TPSA) is 127 Å². The van der Waals surface area contributed by atoms with Crippen LogP contribution in [0.1, 0.15) is 48.5 Å².